The number of fused-ring (bicyclic) bond motifs is 1. The lowest BCUT2D eigenvalue weighted by Gasteiger charge is -2.22. The minimum Gasteiger partial charge on any atom is -0.488 e. The normalized spacial score (nSPS) is 16.0. The SMILES string of the molecule is Cc1ccccc1OC(C)NCC(O)COc1c(C)nc2c(c1C(O)O)OC(=O)/C=C/C(=O)O2. The maximum absolute atomic E-state index is 11.9. The van der Waals surface area contributed by atoms with Crippen LogP contribution in [-0.4, -0.2) is 57.7 Å². The summed E-state index contributed by atoms with van der Waals surface area (Å²) >= 11 is 0. The molecule has 0 saturated heterocycles. The molecule has 2 unspecified atom stereocenters. The van der Waals surface area contributed by atoms with Crippen LogP contribution in [0.5, 0.6) is 23.1 Å². The second kappa shape index (κ2) is 11.1. The van der Waals surface area contributed by atoms with Crippen molar-refractivity contribution in [3.05, 3.63) is 53.2 Å². The fourth-order valence-electron chi connectivity index (χ4n) is 3.11. The summed E-state index contributed by atoms with van der Waals surface area (Å²) in [6, 6.07) is 7.52. The molecule has 1 aliphatic rings. The molecule has 34 heavy (non-hydrogen) atoms. The highest BCUT2D eigenvalue weighted by molar-refractivity contribution is 5.95. The molecule has 4 N–H and O–H groups in total. The van der Waals surface area contributed by atoms with Crippen molar-refractivity contribution >= 4 is 11.9 Å². The Kier molecular flexibility index (Phi) is 8.18. The van der Waals surface area contributed by atoms with E-state index >= 15 is 0 Å². The van der Waals surface area contributed by atoms with Gasteiger partial charge in [-0.1, -0.05) is 18.2 Å². The highest BCUT2D eigenvalue weighted by Gasteiger charge is 2.30. The van der Waals surface area contributed by atoms with Gasteiger partial charge in [0.15, 0.2) is 12.0 Å². The van der Waals surface area contributed by atoms with Crippen LogP contribution >= 0.6 is 0 Å². The number of aryl methyl sites for hydroxylation is 2. The van der Waals surface area contributed by atoms with Crippen LogP contribution in [0.1, 0.15) is 30.0 Å². The zero-order chi connectivity index (χ0) is 24.8. The zero-order valence-electron chi connectivity index (χ0n) is 18.8. The quantitative estimate of drug-likeness (QED) is 0.301. The van der Waals surface area contributed by atoms with Crippen LogP contribution in [0.15, 0.2) is 36.4 Å². The molecular formula is C23H26N2O9. The first-order valence-electron chi connectivity index (χ1n) is 10.4. The van der Waals surface area contributed by atoms with Gasteiger partial charge >= 0.3 is 11.9 Å². The molecule has 0 radical (unpaired) electrons. The summed E-state index contributed by atoms with van der Waals surface area (Å²) in [5.74, 6) is -2.14. The lowest BCUT2D eigenvalue weighted by atomic mass is 10.1. The second-order valence-electron chi connectivity index (χ2n) is 7.52. The first-order valence-corrected chi connectivity index (χ1v) is 10.4. The number of pyridine rings is 1. The number of nitrogens with one attached hydrogen (secondary N) is 1. The molecule has 2 atom stereocenters. The van der Waals surface area contributed by atoms with E-state index < -0.39 is 42.2 Å². The van der Waals surface area contributed by atoms with Crippen LogP contribution in [0.4, 0.5) is 0 Å². The van der Waals surface area contributed by atoms with Crippen LogP contribution in [0.3, 0.4) is 0 Å². The number of aliphatic hydroxyl groups is 3. The summed E-state index contributed by atoms with van der Waals surface area (Å²) < 4.78 is 21.5. The third kappa shape index (κ3) is 6.29. The van der Waals surface area contributed by atoms with Gasteiger partial charge in [-0.15, -0.1) is 0 Å². The van der Waals surface area contributed by atoms with Crippen molar-refractivity contribution in [3.63, 3.8) is 0 Å². The molecule has 3 rings (SSSR count). The van der Waals surface area contributed by atoms with Gasteiger partial charge in [-0.25, -0.2) is 14.6 Å². The molecule has 0 spiro atoms. The van der Waals surface area contributed by atoms with Crippen molar-refractivity contribution < 1.29 is 43.9 Å². The van der Waals surface area contributed by atoms with Crippen LogP contribution < -0.4 is 24.3 Å². The summed E-state index contributed by atoms with van der Waals surface area (Å²) in [6.07, 6.45) is -1.90. The molecule has 1 aromatic heterocycles. The molecule has 0 fully saturated rings. The number of aromatic nitrogens is 1. The van der Waals surface area contributed by atoms with E-state index in [1.165, 1.54) is 6.92 Å². The minimum atomic E-state index is -2.15. The third-order valence-corrected chi connectivity index (χ3v) is 4.75. The monoisotopic (exact) mass is 474 g/mol. The Morgan fingerprint density at radius 1 is 1.06 bits per heavy atom. The van der Waals surface area contributed by atoms with E-state index in [9.17, 15) is 24.9 Å². The predicted molar refractivity (Wildman–Crippen MR) is 117 cm³/mol. The Hall–Kier alpha value is -3.51. The van der Waals surface area contributed by atoms with Crippen LogP contribution in [0.2, 0.25) is 0 Å². The van der Waals surface area contributed by atoms with Crippen LogP contribution in [-0.2, 0) is 9.59 Å². The first-order chi connectivity index (χ1) is 16.2. The predicted octanol–water partition coefficient (Wildman–Crippen LogP) is 0.817. The zero-order valence-corrected chi connectivity index (χ0v) is 18.8. The number of carbonyl (C=O) groups excluding carboxylic acids is 2. The molecule has 0 amide bonds. The molecule has 182 valence electrons. The van der Waals surface area contributed by atoms with Gasteiger partial charge in [0.25, 0.3) is 5.88 Å². The summed E-state index contributed by atoms with van der Waals surface area (Å²) in [4.78, 5) is 27.6. The minimum absolute atomic E-state index is 0.0961. The molecule has 11 heteroatoms. The standard InChI is InChI=1S/C23H26N2O9/c1-12-6-4-5-7-16(12)32-14(3)24-10-15(26)11-31-20-13(2)25-22-21(19(20)23(29)30)33-17(27)8-9-18(28)34-22/h4-9,14-15,23-24,26,29-30H,10-11H2,1-3H3/b9-8+. The number of benzene rings is 1. The average molecular weight is 474 g/mol. The van der Waals surface area contributed by atoms with Gasteiger partial charge in [0.05, 0.1) is 11.3 Å². The highest BCUT2D eigenvalue weighted by Crippen LogP contribution is 2.42. The fraction of sp³-hybridized carbons (Fsp3) is 0.348. The highest BCUT2D eigenvalue weighted by atomic mass is 16.6. The van der Waals surface area contributed by atoms with Crippen molar-refractivity contribution in [1.29, 1.82) is 0 Å². The average Bonchev–Trinajstić information content (AvgIpc) is 2.77. The number of carbonyl (C=O) groups is 2. The number of rotatable bonds is 9. The number of nitrogens with zero attached hydrogens (tertiary/aromatic N) is 1. The van der Waals surface area contributed by atoms with E-state index in [-0.39, 0.29) is 30.2 Å². The number of aliphatic hydroxyl groups excluding tert-OH is 2. The first kappa shape index (κ1) is 25.1. The smallest absolute Gasteiger partial charge is 0.337 e. The number of hydrogen-bond acceptors (Lipinski definition) is 11. The Balaban J connectivity index is 1.68. The maximum Gasteiger partial charge on any atom is 0.337 e. The van der Waals surface area contributed by atoms with E-state index in [0.29, 0.717) is 5.75 Å². The molecule has 2 heterocycles. The van der Waals surface area contributed by atoms with E-state index in [0.717, 1.165) is 17.7 Å². The number of esters is 2. The second-order valence-corrected chi connectivity index (χ2v) is 7.52. The Labute approximate surface area is 195 Å². The Bertz CT molecular complexity index is 1080. The van der Waals surface area contributed by atoms with Crippen LogP contribution in [0, 0.1) is 13.8 Å². The van der Waals surface area contributed by atoms with E-state index in [4.69, 9.17) is 18.9 Å². The molecule has 0 bridgehead atoms. The molecule has 1 aliphatic heterocycles. The third-order valence-electron chi connectivity index (χ3n) is 4.75. The summed E-state index contributed by atoms with van der Waals surface area (Å²) in [5.41, 5.74) is 0.723. The fourth-order valence-corrected chi connectivity index (χ4v) is 3.11. The molecule has 1 aromatic carbocycles. The molecular weight excluding hydrogens is 448 g/mol. The van der Waals surface area contributed by atoms with Crippen LogP contribution in [0.25, 0.3) is 0 Å². The largest absolute Gasteiger partial charge is 0.488 e. The molecule has 2 aromatic rings. The number of para-hydroxylation sites is 1. The van der Waals surface area contributed by atoms with Crippen molar-refractivity contribution in [3.8, 4) is 23.1 Å². The molecule has 0 aliphatic carbocycles. The van der Waals surface area contributed by atoms with Crippen molar-refractivity contribution in [2.75, 3.05) is 13.2 Å². The van der Waals surface area contributed by atoms with Gasteiger partial charge in [-0.05, 0) is 32.4 Å². The van der Waals surface area contributed by atoms with E-state index in [2.05, 4.69) is 10.3 Å². The van der Waals surface area contributed by atoms with Gasteiger partial charge in [0, 0.05) is 18.7 Å². The van der Waals surface area contributed by atoms with Gasteiger partial charge in [-0.3, -0.25) is 5.32 Å². The Morgan fingerprint density at radius 3 is 2.41 bits per heavy atom. The van der Waals surface area contributed by atoms with E-state index in [1.807, 2.05) is 31.2 Å². The van der Waals surface area contributed by atoms with E-state index in [1.54, 1.807) is 6.92 Å². The van der Waals surface area contributed by atoms with Gasteiger partial charge in [0.1, 0.15) is 24.7 Å². The summed E-state index contributed by atoms with van der Waals surface area (Å²) in [5, 5.41) is 33.2. The van der Waals surface area contributed by atoms with Crippen molar-refractivity contribution in [2.45, 2.75) is 39.4 Å². The number of ether oxygens (including phenoxy) is 4. The number of hydrogen-bond donors (Lipinski definition) is 4. The van der Waals surface area contributed by atoms with Gasteiger partial charge < -0.3 is 34.3 Å². The molecule has 11 nitrogen and oxygen atoms in total. The van der Waals surface area contributed by atoms with Crippen molar-refractivity contribution in [2.24, 2.45) is 0 Å². The van der Waals surface area contributed by atoms with Crippen molar-refractivity contribution in [1.82, 2.24) is 10.3 Å². The lowest BCUT2D eigenvalue weighted by Crippen LogP contribution is -2.39. The summed E-state index contributed by atoms with van der Waals surface area (Å²) in [7, 11) is 0. The molecule has 0 saturated carbocycles. The van der Waals surface area contributed by atoms with Gasteiger partial charge in [0.2, 0.25) is 5.75 Å². The Morgan fingerprint density at radius 2 is 1.74 bits per heavy atom. The lowest BCUT2D eigenvalue weighted by molar-refractivity contribution is -0.134. The van der Waals surface area contributed by atoms with Gasteiger partial charge in [-0.2, -0.15) is 0 Å². The topological polar surface area (TPSA) is 157 Å². The summed E-state index contributed by atoms with van der Waals surface area (Å²) in [6.45, 7) is 5.00. The maximum atomic E-state index is 11.9.